The summed E-state index contributed by atoms with van der Waals surface area (Å²) in [5, 5.41) is 0. The molecule has 0 bridgehead atoms. The van der Waals surface area contributed by atoms with Crippen molar-refractivity contribution in [1.82, 2.24) is 0 Å². The van der Waals surface area contributed by atoms with Crippen LogP contribution in [0.5, 0.6) is 0 Å². The van der Waals surface area contributed by atoms with Crippen molar-refractivity contribution in [3.05, 3.63) is 335 Å². The maximum absolute atomic E-state index is 2.55. The summed E-state index contributed by atoms with van der Waals surface area (Å²) in [5.74, 6) is 0.302. The average molecular weight is 1120 g/mol. The van der Waals surface area contributed by atoms with E-state index in [4.69, 9.17) is 0 Å². The van der Waals surface area contributed by atoms with Crippen LogP contribution >= 0.6 is 0 Å². The van der Waals surface area contributed by atoms with Crippen LogP contribution in [0.4, 0.5) is 34.1 Å². The van der Waals surface area contributed by atoms with Gasteiger partial charge >= 0.3 is 0 Å². The number of rotatable bonds is 12. The Labute approximate surface area is 514 Å². The summed E-state index contributed by atoms with van der Waals surface area (Å²) in [4.78, 5) is 4.80. The minimum Gasteiger partial charge on any atom is -0.310 e. The lowest BCUT2D eigenvalue weighted by atomic mass is 9.78. The van der Waals surface area contributed by atoms with Gasteiger partial charge in [0.2, 0.25) is 0 Å². The normalized spacial score (nSPS) is 16.1. The van der Waals surface area contributed by atoms with Crippen molar-refractivity contribution >= 4 is 57.9 Å². The minimum absolute atomic E-state index is 0.148. The molecule has 0 aliphatic heterocycles. The van der Waals surface area contributed by atoms with E-state index in [2.05, 4.69) is 349 Å². The van der Waals surface area contributed by atoms with Crippen LogP contribution in [0.3, 0.4) is 0 Å². The quantitative estimate of drug-likeness (QED) is 0.113. The minimum atomic E-state index is -0.195. The molecule has 11 aromatic carbocycles. The summed E-state index contributed by atoms with van der Waals surface area (Å²) in [7, 11) is 0. The first-order valence-electron chi connectivity index (χ1n) is 30.9. The highest BCUT2D eigenvalue weighted by Gasteiger charge is 2.41. The zero-order valence-electron chi connectivity index (χ0n) is 50.5. The molecule has 4 aliphatic carbocycles. The monoisotopic (exact) mass is 1120 g/mol. The fourth-order valence-corrected chi connectivity index (χ4v) is 14.6. The Balaban J connectivity index is 0.654. The standard InChI is InChI=1S/C85H70N2/c1-83(2)77-49-57(33-35-59-39-45-73-75-47-41-69(55-81(75)84(3,4)79(73)51-59)86(65-27-15-9-16-28-65)67-31-19-25-63(53-67)61-21-11-7-12-22-61)37-43-71(77)72-44-38-58(50-78(72)83)34-36-60-40-46-74-76-48-42-70(56-82(76)85(5,6)80(74)52-60)87(66-29-17-10-18-30-66)68-32-20-26-64(54-68)62-23-13-8-14-24-62/h7-39,41-56,60H,40H2,1-6H3/b35-33+,36-34+. The van der Waals surface area contributed by atoms with E-state index in [0.717, 1.165) is 34.9 Å². The third-order valence-corrected chi connectivity index (χ3v) is 19.3. The molecule has 0 heterocycles. The number of anilines is 6. The highest BCUT2D eigenvalue weighted by molar-refractivity contribution is 5.93. The molecule has 0 amide bonds. The van der Waals surface area contributed by atoms with E-state index in [0.29, 0.717) is 5.92 Å². The molecule has 0 aromatic heterocycles. The maximum atomic E-state index is 2.55. The third kappa shape index (κ3) is 9.43. The van der Waals surface area contributed by atoms with E-state index in [-0.39, 0.29) is 16.2 Å². The van der Waals surface area contributed by atoms with Gasteiger partial charge in [0.05, 0.1) is 0 Å². The number of allylic oxidation sites excluding steroid dienone is 5. The number of hydrogen-bond acceptors (Lipinski definition) is 2. The third-order valence-electron chi connectivity index (χ3n) is 19.3. The van der Waals surface area contributed by atoms with E-state index in [1.54, 1.807) is 0 Å². The van der Waals surface area contributed by atoms with Crippen LogP contribution in [0.2, 0.25) is 0 Å². The molecule has 4 aliphatic rings. The highest BCUT2D eigenvalue weighted by Crippen LogP contribution is 2.55. The number of para-hydroxylation sites is 2. The molecule has 420 valence electrons. The zero-order valence-corrected chi connectivity index (χ0v) is 50.5. The first-order chi connectivity index (χ1) is 42.4. The largest absolute Gasteiger partial charge is 0.310 e. The number of fused-ring (bicyclic) bond motifs is 9. The molecule has 15 rings (SSSR count). The summed E-state index contributed by atoms with van der Waals surface area (Å²) in [6, 6.07) is 96.1. The molecular weight excluding hydrogens is 1050 g/mol. The van der Waals surface area contributed by atoms with E-state index < -0.39 is 0 Å². The highest BCUT2D eigenvalue weighted by atomic mass is 15.1. The summed E-state index contributed by atoms with van der Waals surface area (Å²) in [6.45, 7) is 14.4. The lowest BCUT2D eigenvalue weighted by Crippen LogP contribution is -2.18. The molecule has 0 saturated carbocycles. The molecule has 0 saturated heterocycles. The Morgan fingerprint density at radius 2 is 0.667 bits per heavy atom. The molecule has 0 radical (unpaired) electrons. The second-order valence-electron chi connectivity index (χ2n) is 25.7. The van der Waals surface area contributed by atoms with Gasteiger partial charge in [0.1, 0.15) is 0 Å². The SMILES string of the molecule is CC1(C)C2=CC(/C=C/c3ccc4c(c3)C(C)(C)c3cc(/C=C/c5ccc6c(c5)C(C)(C)c5cc(N(c7ccccc7)c7cccc(-c8ccccc8)c7)ccc5-6)ccc3-4)CC=C2c2ccc(N(c3ccccc3)c3cccc(-c4ccccc4)c3)cc21. The Kier molecular flexibility index (Phi) is 13.1. The number of nitrogens with zero attached hydrogens (tertiary/aromatic N) is 2. The van der Waals surface area contributed by atoms with Gasteiger partial charge in [-0.05, 0) is 191 Å². The van der Waals surface area contributed by atoms with E-state index in [1.807, 2.05) is 0 Å². The molecule has 0 N–H and O–H groups in total. The van der Waals surface area contributed by atoms with Crippen molar-refractivity contribution in [2.24, 2.45) is 5.92 Å². The van der Waals surface area contributed by atoms with Crippen LogP contribution in [0, 0.1) is 5.92 Å². The molecule has 1 atom stereocenters. The van der Waals surface area contributed by atoms with Crippen molar-refractivity contribution in [3.63, 3.8) is 0 Å². The second kappa shape index (κ2) is 21.2. The molecule has 2 nitrogen and oxygen atoms in total. The van der Waals surface area contributed by atoms with E-state index in [9.17, 15) is 0 Å². The van der Waals surface area contributed by atoms with Crippen molar-refractivity contribution in [1.29, 1.82) is 0 Å². The van der Waals surface area contributed by atoms with Gasteiger partial charge < -0.3 is 9.80 Å². The van der Waals surface area contributed by atoms with Gasteiger partial charge in [-0.3, -0.25) is 0 Å². The predicted molar refractivity (Wildman–Crippen MR) is 370 cm³/mol. The lowest BCUT2D eigenvalue weighted by Gasteiger charge is -2.28. The fourth-order valence-electron chi connectivity index (χ4n) is 14.6. The molecule has 2 heteroatoms. The first kappa shape index (κ1) is 53.7. The van der Waals surface area contributed by atoms with Gasteiger partial charge in [-0.15, -0.1) is 0 Å². The van der Waals surface area contributed by atoms with Gasteiger partial charge in [-0.25, -0.2) is 0 Å². The Hall–Kier alpha value is -10.0. The Bertz CT molecular complexity index is 4610. The fraction of sp³-hybridized carbons (Fsp3) is 0.129. The molecule has 87 heavy (non-hydrogen) atoms. The number of hydrogen-bond donors (Lipinski definition) is 0. The van der Waals surface area contributed by atoms with Crippen LogP contribution in [-0.2, 0) is 16.2 Å². The molecule has 0 fully saturated rings. The van der Waals surface area contributed by atoms with Crippen molar-refractivity contribution in [2.45, 2.75) is 64.2 Å². The van der Waals surface area contributed by atoms with Gasteiger partial charge in [0, 0.05) is 50.4 Å². The van der Waals surface area contributed by atoms with Crippen molar-refractivity contribution in [2.75, 3.05) is 9.80 Å². The summed E-state index contributed by atoms with van der Waals surface area (Å²) < 4.78 is 0. The molecule has 11 aromatic rings. The van der Waals surface area contributed by atoms with Crippen LogP contribution in [0.15, 0.2) is 285 Å². The maximum Gasteiger partial charge on any atom is 0.0467 e. The first-order valence-corrected chi connectivity index (χ1v) is 30.9. The Morgan fingerprint density at radius 1 is 0.310 bits per heavy atom. The molecule has 0 spiro atoms. The van der Waals surface area contributed by atoms with Crippen molar-refractivity contribution < 1.29 is 0 Å². The zero-order chi connectivity index (χ0) is 59.0. The van der Waals surface area contributed by atoms with Gasteiger partial charge in [0.25, 0.3) is 0 Å². The summed E-state index contributed by atoms with van der Waals surface area (Å²) in [6.07, 6.45) is 15.4. The Morgan fingerprint density at radius 3 is 1.13 bits per heavy atom. The van der Waals surface area contributed by atoms with Crippen LogP contribution in [0.1, 0.15) is 98.0 Å². The smallest absolute Gasteiger partial charge is 0.0467 e. The van der Waals surface area contributed by atoms with Crippen LogP contribution in [-0.4, -0.2) is 0 Å². The summed E-state index contributed by atoms with van der Waals surface area (Å²) in [5.41, 5.74) is 31.2. The van der Waals surface area contributed by atoms with Crippen LogP contribution in [0.25, 0.3) is 68.3 Å². The van der Waals surface area contributed by atoms with Crippen LogP contribution < -0.4 is 9.80 Å². The second-order valence-corrected chi connectivity index (χ2v) is 25.7. The molecule has 1 unspecified atom stereocenters. The lowest BCUT2D eigenvalue weighted by molar-refractivity contribution is 0.645. The van der Waals surface area contributed by atoms with Gasteiger partial charge in [-0.2, -0.15) is 0 Å². The van der Waals surface area contributed by atoms with Gasteiger partial charge in [0.15, 0.2) is 0 Å². The average Bonchev–Trinajstić information content (AvgIpc) is 1.90. The summed E-state index contributed by atoms with van der Waals surface area (Å²) >= 11 is 0. The van der Waals surface area contributed by atoms with E-state index >= 15 is 0 Å². The topological polar surface area (TPSA) is 6.48 Å². The van der Waals surface area contributed by atoms with Gasteiger partial charge in [-0.1, -0.05) is 266 Å². The molecular formula is C85H70N2. The number of benzene rings is 11. The predicted octanol–water partition coefficient (Wildman–Crippen LogP) is 23.1. The van der Waals surface area contributed by atoms with Crippen molar-refractivity contribution in [3.8, 4) is 44.5 Å². The van der Waals surface area contributed by atoms with E-state index in [1.165, 1.54) is 111 Å².